The monoisotopic (exact) mass is 322 g/mol. The molecule has 2 saturated carbocycles. The van der Waals surface area contributed by atoms with Gasteiger partial charge in [0.25, 0.3) is 0 Å². The van der Waals surface area contributed by atoms with E-state index < -0.39 is 0 Å². The maximum atomic E-state index is 12.9. The van der Waals surface area contributed by atoms with Gasteiger partial charge in [-0.3, -0.25) is 4.79 Å². The van der Waals surface area contributed by atoms with Gasteiger partial charge >= 0.3 is 5.97 Å². The second kappa shape index (κ2) is 9.69. The van der Waals surface area contributed by atoms with E-state index in [1.165, 1.54) is 64.2 Å². The molecule has 0 saturated heterocycles. The molecule has 0 heterocycles. The van der Waals surface area contributed by atoms with Crippen molar-refractivity contribution >= 4 is 5.97 Å². The van der Waals surface area contributed by atoms with Crippen molar-refractivity contribution in [3.8, 4) is 0 Å². The summed E-state index contributed by atoms with van der Waals surface area (Å²) >= 11 is 0. The Morgan fingerprint density at radius 2 is 1.61 bits per heavy atom. The molecule has 2 heteroatoms. The van der Waals surface area contributed by atoms with Crippen LogP contribution in [0.25, 0.3) is 0 Å². The minimum absolute atomic E-state index is 0.132. The number of hydrogen-bond donors (Lipinski definition) is 0. The summed E-state index contributed by atoms with van der Waals surface area (Å²) < 4.78 is 6.05. The van der Waals surface area contributed by atoms with Crippen LogP contribution in [0.4, 0.5) is 0 Å². The molecule has 0 amide bonds. The standard InChI is InChI=1S/C21H38O2/c1-3-5-10-18-11-13-19(14-12-18)23-20(22)21(15-6-4-2)16-8-7-9-17-21/h18-19H,3-17H2,1-2H3/t18-,19-. The molecule has 0 aliphatic heterocycles. The van der Waals surface area contributed by atoms with Crippen molar-refractivity contribution in [3.05, 3.63) is 0 Å². The highest BCUT2D eigenvalue weighted by molar-refractivity contribution is 5.77. The fraction of sp³-hybridized carbons (Fsp3) is 0.952. The fourth-order valence-corrected chi connectivity index (χ4v) is 4.61. The summed E-state index contributed by atoms with van der Waals surface area (Å²) in [6, 6.07) is 0. The molecule has 0 spiro atoms. The normalized spacial score (nSPS) is 27.6. The lowest BCUT2D eigenvalue weighted by Crippen LogP contribution is -2.38. The first-order valence-corrected chi connectivity index (χ1v) is 10.4. The second-order valence-corrected chi connectivity index (χ2v) is 8.13. The molecule has 0 bridgehead atoms. The number of hydrogen-bond acceptors (Lipinski definition) is 2. The molecule has 0 N–H and O–H groups in total. The van der Waals surface area contributed by atoms with Crippen LogP contribution in [0, 0.1) is 11.3 Å². The minimum Gasteiger partial charge on any atom is -0.462 e. The first-order valence-electron chi connectivity index (χ1n) is 10.4. The number of unbranched alkanes of at least 4 members (excludes halogenated alkanes) is 2. The molecule has 0 atom stereocenters. The lowest BCUT2D eigenvalue weighted by atomic mass is 9.71. The summed E-state index contributed by atoms with van der Waals surface area (Å²) in [5.74, 6) is 1.04. The summed E-state index contributed by atoms with van der Waals surface area (Å²) in [7, 11) is 0. The van der Waals surface area contributed by atoms with E-state index in [0.29, 0.717) is 0 Å². The lowest BCUT2D eigenvalue weighted by molar-refractivity contribution is -0.166. The van der Waals surface area contributed by atoms with Crippen molar-refractivity contribution < 1.29 is 9.53 Å². The molecule has 2 aliphatic rings. The Hall–Kier alpha value is -0.530. The number of carbonyl (C=O) groups excluding carboxylic acids is 1. The van der Waals surface area contributed by atoms with Crippen molar-refractivity contribution in [2.24, 2.45) is 11.3 Å². The third-order valence-electron chi connectivity index (χ3n) is 6.29. The molecule has 134 valence electrons. The first kappa shape index (κ1) is 18.8. The highest BCUT2D eigenvalue weighted by Gasteiger charge is 2.41. The maximum absolute atomic E-state index is 12.9. The fourth-order valence-electron chi connectivity index (χ4n) is 4.61. The van der Waals surface area contributed by atoms with Gasteiger partial charge in [0.1, 0.15) is 6.10 Å². The average molecular weight is 323 g/mol. The van der Waals surface area contributed by atoms with Gasteiger partial charge in [-0.05, 0) is 50.9 Å². The zero-order valence-electron chi connectivity index (χ0n) is 15.6. The smallest absolute Gasteiger partial charge is 0.312 e. The van der Waals surface area contributed by atoms with E-state index in [2.05, 4.69) is 13.8 Å². The van der Waals surface area contributed by atoms with Crippen LogP contribution in [-0.4, -0.2) is 12.1 Å². The van der Waals surface area contributed by atoms with Crippen LogP contribution in [0.15, 0.2) is 0 Å². The van der Waals surface area contributed by atoms with Crippen LogP contribution >= 0.6 is 0 Å². The third-order valence-corrected chi connectivity index (χ3v) is 6.29. The van der Waals surface area contributed by atoms with Gasteiger partial charge < -0.3 is 4.74 Å². The Labute approximate surface area is 143 Å². The molecule has 2 nitrogen and oxygen atoms in total. The predicted molar refractivity (Wildman–Crippen MR) is 96.4 cm³/mol. The molecule has 2 fully saturated rings. The van der Waals surface area contributed by atoms with Gasteiger partial charge in [0, 0.05) is 0 Å². The van der Waals surface area contributed by atoms with Crippen molar-refractivity contribution in [1.29, 1.82) is 0 Å². The molecule has 23 heavy (non-hydrogen) atoms. The molecule has 0 aromatic carbocycles. The van der Waals surface area contributed by atoms with Gasteiger partial charge in [0.05, 0.1) is 5.41 Å². The second-order valence-electron chi connectivity index (χ2n) is 8.13. The van der Waals surface area contributed by atoms with Crippen LogP contribution in [0.1, 0.15) is 110 Å². The molecule has 0 unspecified atom stereocenters. The molecule has 0 radical (unpaired) electrons. The van der Waals surface area contributed by atoms with E-state index in [9.17, 15) is 4.79 Å². The van der Waals surface area contributed by atoms with Gasteiger partial charge in [-0.25, -0.2) is 0 Å². The summed E-state index contributed by atoms with van der Waals surface area (Å²) in [6.07, 6.45) is 18.2. The number of ether oxygens (including phenoxy) is 1. The Bertz CT molecular complexity index is 336. The van der Waals surface area contributed by atoms with Crippen LogP contribution in [0.3, 0.4) is 0 Å². The van der Waals surface area contributed by atoms with Crippen LogP contribution in [-0.2, 0) is 9.53 Å². The van der Waals surface area contributed by atoms with E-state index >= 15 is 0 Å². The van der Waals surface area contributed by atoms with Gasteiger partial charge in [-0.15, -0.1) is 0 Å². The van der Waals surface area contributed by atoms with E-state index in [1.807, 2.05) is 0 Å². The lowest BCUT2D eigenvalue weighted by Gasteiger charge is -2.37. The third kappa shape index (κ3) is 5.50. The number of rotatable bonds is 8. The Morgan fingerprint density at radius 1 is 0.957 bits per heavy atom. The van der Waals surface area contributed by atoms with E-state index in [0.717, 1.165) is 38.0 Å². The SMILES string of the molecule is CCCCC1(C(=O)O[C@H]2CC[C@H](CCCC)CC2)CCCCC1. The topological polar surface area (TPSA) is 26.3 Å². The van der Waals surface area contributed by atoms with Crippen LogP contribution in [0.2, 0.25) is 0 Å². The molecule has 2 aliphatic carbocycles. The predicted octanol–water partition coefficient (Wildman–Crippen LogP) is 6.42. The summed E-state index contributed by atoms with van der Waals surface area (Å²) in [6.45, 7) is 4.49. The van der Waals surface area contributed by atoms with Gasteiger partial charge in [0.15, 0.2) is 0 Å². The summed E-state index contributed by atoms with van der Waals surface area (Å²) in [4.78, 5) is 12.9. The van der Waals surface area contributed by atoms with E-state index in [4.69, 9.17) is 4.74 Å². The van der Waals surface area contributed by atoms with Gasteiger partial charge in [0.2, 0.25) is 0 Å². The maximum Gasteiger partial charge on any atom is 0.312 e. The Balaban J connectivity index is 1.82. The van der Waals surface area contributed by atoms with Crippen molar-refractivity contribution in [2.75, 3.05) is 0 Å². The summed E-state index contributed by atoms with van der Waals surface area (Å²) in [5, 5.41) is 0. The highest BCUT2D eigenvalue weighted by Crippen LogP contribution is 2.42. The van der Waals surface area contributed by atoms with Crippen LogP contribution < -0.4 is 0 Å². The van der Waals surface area contributed by atoms with Crippen molar-refractivity contribution in [3.63, 3.8) is 0 Å². The number of carbonyl (C=O) groups is 1. The first-order chi connectivity index (χ1) is 11.2. The van der Waals surface area contributed by atoms with Gasteiger partial charge in [-0.1, -0.05) is 65.2 Å². The molecular formula is C21H38O2. The molecule has 0 aromatic heterocycles. The largest absolute Gasteiger partial charge is 0.462 e. The summed E-state index contributed by atoms with van der Waals surface area (Å²) in [5.41, 5.74) is -0.132. The van der Waals surface area contributed by atoms with E-state index in [1.54, 1.807) is 0 Å². The van der Waals surface area contributed by atoms with Gasteiger partial charge in [-0.2, -0.15) is 0 Å². The molecule has 2 rings (SSSR count). The van der Waals surface area contributed by atoms with Crippen molar-refractivity contribution in [1.82, 2.24) is 0 Å². The number of esters is 1. The zero-order chi connectivity index (χ0) is 16.5. The van der Waals surface area contributed by atoms with E-state index in [-0.39, 0.29) is 17.5 Å². The average Bonchev–Trinajstić information content (AvgIpc) is 2.60. The Morgan fingerprint density at radius 3 is 2.22 bits per heavy atom. The molecular weight excluding hydrogens is 284 g/mol. The molecule has 0 aromatic rings. The van der Waals surface area contributed by atoms with Crippen LogP contribution in [0.5, 0.6) is 0 Å². The zero-order valence-corrected chi connectivity index (χ0v) is 15.6. The Kier molecular flexibility index (Phi) is 7.92. The minimum atomic E-state index is -0.132. The highest BCUT2D eigenvalue weighted by atomic mass is 16.5. The van der Waals surface area contributed by atoms with Crippen molar-refractivity contribution in [2.45, 2.75) is 116 Å². The quantitative estimate of drug-likeness (QED) is 0.482.